The molecule has 0 N–H and O–H groups in total. The summed E-state index contributed by atoms with van der Waals surface area (Å²) in [5, 5.41) is 4.06. The molecule has 1 aliphatic heterocycles. The fourth-order valence-electron chi connectivity index (χ4n) is 3.32. The lowest BCUT2D eigenvalue weighted by atomic mass is 10.1. The lowest BCUT2D eigenvalue weighted by Gasteiger charge is -2.24. The SMILES string of the molecule is O=C(c1cccnc1)N1CCCC1CCc1noc(-c2ccncc2)n1. The Morgan fingerprint density at radius 3 is 2.88 bits per heavy atom. The maximum Gasteiger partial charge on any atom is 0.258 e. The number of carbonyl (C=O) groups excluding carboxylic acids is 1. The molecular weight excluding hydrogens is 330 g/mol. The molecule has 1 fully saturated rings. The van der Waals surface area contributed by atoms with Crippen molar-refractivity contribution >= 4 is 5.91 Å². The van der Waals surface area contributed by atoms with Gasteiger partial charge in [-0.3, -0.25) is 14.8 Å². The number of rotatable bonds is 5. The molecule has 4 rings (SSSR count). The third kappa shape index (κ3) is 3.46. The average molecular weight is 349 g/mol. The number of hydrogen-bond donors (Lipinski definition) is 0. The van der Waals surface area contributed by atoms with Gasteiger partial charge in [0.1, 0.15) is 0 Å². The molecule has 0 radical (unpaired) electrons. The highest BCUT2D eigenvalue weighted by Gasteiger charge is 2.29. The maximum atomic E-state index is 12.7. The molecule has 0 saturated carbocycles. The third-order valence-corrected chi connectivity index (χ3v) is 4.64. The first kappa shape index (κ1) is 16.4. The molecule has 3 aromatic heterocycles. The summed E-state index contributed by atoms with van der Waals surface area (Å²) in [4.78, 5) is 27.1. The van der Waals surface area contributed by atoms with Crippen LogP contribution in [0.25, 0.3) is 11.5 Å². The second-order valence-electron chi connectivity index (χ2n) is 6.33. The van der Waals surface area contributed by atoms with Crippen molar-refractivity contribution < 1.29 is 9.32 Å². The molecule has 7 nitrogen and oxygen atoms in total. The molecular formula is C19H19N5O2. The largest absolute Gasteiger partial charge is 0.336 e. The molecule has 3 aromatic rings. The number of aromatic nitrogens is 4. The molecule has 1 unspecified atom stereocenters. The Balaban J connectivity index is 1.40. The summed E-state index contributed by atoms with van der Waals surface area (Å²) in [7, 11) is 0. The number of amides is 1. The van der Waals surface area contributed by atoms with Crippen molar-refractivity contribution in [2.75, 3.05) is 6.54 Å². The second-order valence-corrected chi connectivity index (χ2v) is 6.33. The van der Waals surface area contributed by atoms with E-state index < -0.39 is 0 Å². The molecule has 1 aliphatic rings. The van der Waals surface area contributed by atoms with Gasteiger partial charge in [0.25, 0.3) is 11.8 Å². The summed E-state index contributed by atoms with van der Waals surface area (Å²) in [6.45, 7) is 0.785. The van der Waals surface area contributed by atoms with Crippen LogP contribution in [0.5, 0.6) is 0 Å². The molecule has 26 heavy (non-hydrogen) atoms. The van der Waals surface area contributed by atoms with Crippen LogP contribution >= 0.6 is 0 Å². The molecule has 7 heteroatoms. The zero-order chi connectivity index (χ0) is 17.8. The summed E-state index contributed by atoms with van der Waals surface area (Å²) in [5.41, 5.74) is 1.49. The minimum Gasteiger partial charge on any atom is -0.336 e. The number of likely N-dealkylation sites (tertiary alicyclic amines) is 1. The zero-order valence-electron chi connectivity index (χ0n) is 14.3. The topological polar surface area (TPSA) is 85.0 Å². The second kappa shape index (κ2) is 7.43. The number of carbonyl (C=O) groups is 1. The number of aryl methyl sites for hydroxylation is 1. The monoisotopic (exact) mass is 349 g/mol. The van der Waals surface area contributed by atoms with E-state index in [1.807, 2.05) is 23.1 Å². The van der Waals surface area contributed by atoms with Crippen molar-refractivity contribution in [3.05, 3.63) is 60.4 Å². The van der Waals surface area contributed by atoms with Gasteiger partial charge in [-0.2, -0.15) is 4.98 Å². The molecule has 0 aliphatic carbocycles. The van der Waals surface area contributed by atoms with E-state index in [2.05, 4.69) is 20.1 Å². The Morgan fingerprint density at radius 2 is 2.08 bits per heavy atom. The third-order valence-electron chi connectivity index (χ3n) is 4.64. The smallest absolute Gasteiger partial charge is 0.258 e. The van der Waals surface area contributed by atoms with E-state index >= 15 is 0 Å². The molecule has 0 aromatic carbocycles. The first-order valence-electron chi connectivity index (χ1n) is 8.75. The van der Waals surface area contributed by atoms with Crippen molar-refractivity contribution in [3.8, 4) is 11.5 Å². The Bertz CT molecular complexity index is 866. The quantitative estimate of drug-likeness (QED) is 0.704. The van der Waals surface area contributed by atoms with Crippen LogP contribution < -0.4 is 0 Å². The van der Waals surface area contributed by atoms with Crippen LogP contribution in [-0.2, 0) is 6.42 Å². The molecule has 1 saturated heterocycles. The summed E-state index contributed by atoms with van der Waals surface area (Å²) < 4.78 is 5.33. The molecule has 132 valence electrons. The Hall–Kier alpha value is -3.09. The van der Waals surface area contributed by atoms with Crippen molar-refractivity contribution in [3.63, 3.8) is 0 Å². The van der Waals surface area contributed by atoms with Crippen LogP contribution in [0.15, 0.2) is 53.6 Å². The fourth-order valence-corrected chi connectivity index (χ4v) is 3.32. The first-order valence-corrected chi connectivity index (χ1v) is 8.75. The summed E-state index contributed by atoms with van der Waals surface area (Å²) >= 11 is 0. The Labute approximate surface area is 151 Å². The van der Waals surface area contributed by atoms with E-state index in [1.165, 1.54) is 0 Å². The van der Waals surface area contributed by atoms with Gasteiger partial charge in [0.15, 0.2) is 5.82 Å². The van der Waals surface area contributed by atoms with Gasteiger partial charge in [0.05, 0.1) is 5.56 Å². The molecule has 1 amide bonds. The number of hydrogen-bond acceptors (Lipinski definition) is 6. The lowest BCUT2D eigenvalue weighted by molar-refractivity contribution is 0.0729. The minimum atomic E-state index is 0.0474. The average Bonchev–Trinajstić information content (AvgIpc) is 3.36. The van der Waals surface area contributed by atoms with Crippen LogP contribution in [0.2, 0.25) is 0 Å². The van der Waals surface area contributed by atoms with E-state index in [9.17, 15) is 4.79 Å². The number of nitrogens with zero attached hydrogens (tertiary/aromatic N) is 5. The van der Waals surface area contributed by atoms with Crippen molar-refractivity contribution in [1.29, 1.82) is 0 Å². The Morgan fingerprint density at radius 1 is 1.19 bits per heavy atom. The van der Waals surface area contributed by atoms with E-state index in [-0.39, 0.29) is 11.9 Å². The van der Waals surface area contributed by atoms with E-state index in [4.69, 9.17) is 4.52 Å². The standard InChI is InChI=1S/C19H19N5O2/c25-19(15-3-1-9-21-13-15)24-12-2-4-16(24)5-6-17-22-18(26-23-17)14-7-10-20-11-8-14/h1,3,7-11,13,16H,2,4-6,12H2. The lowest BCUT2D eigenvalue weighted by Crippen LogP contribution is -2.35. The van der Waals surface area contributed by atoms with Crippen molar-refractivity contribution in [1.82, 2.24) is 25.0 Å². The fraction of sp³-hybridized carbons (Fsp3) is 0.316. The normalized spacial score (nSPS) is 16.8. The summed E-state index contributed by atoms with van der Waals surface area (Å²) in [6.07, 6.45) is 10.2. The molecule has 1 atom stereocenters. The molecule has 0 spiro atoms. The van der Waals surface area contributed by atoms with Crippen LogP contribution in [0.1, 0.15) is 35.4 Å². The van der Waals surface area contributed by atoms with E-state index in [1.54, 1.807) is 30.9 Å². The van der Waals surface area contributed by atoms with Gasteiger partial charge in [-0.25, -0.2) is 0 Å². The minimum absolute atomic E-state index is 0.0474. The van der Waals surface area contributed by atoms with Gasteiger partial charge in [-0.1, -0.05) is 5.16 Å². The van der Waals surface area contributed by atoms with Crippen molar-refractivity contribution in [2.24, 2.45) is 0 Å². The number of pyridine rings is 2. The predicted molar refractivity (Wildman–Crippen MR) is 94.1 cm³/mol. The van der Waals surface area contributed by atoms with Gasteiger partial charge in [0, 0.05) is 49.4 Å². The summed E-state index contributed by atoms with van der Waals surface area (Å²) in [5.74, 6) is 1.21. The van der Waals surface area contributed by atoms with E-state index in [0.29, 0.717) is 23.7 Å². The van der Waals surface area contributed by atoms with Crippen LogP contribution in [-0.4, -0.2) is 43.5 Å². The zero-order valence-corrected chi connectivity index (χ0v) is 14.3. The highest BCUT2D eigenvalue weighted by molar-refractivity contribution is 5.94. The van der Waals surface area contributed by atoms with Gasteiger partial charge in [0.2, 0.25) is 0 Å². The van der Waals surface area contributed by atoms with Gasteiger partial charge in [-0.05, 0) is 43.5 Å². The highest BCUT2D eigenvalue weighted by atomic mass is 16.5. The van der Waals surface area contributed by atoms with Crippen molar-refractivity contribution in [2.45, 2.75) is 31.7 Å². The van der Waals surface area contributed by atoms with E-state index in [0.717, 1.165) is 31.4 Å². The van der Waals surface area contributed by atoms with Gasteiger partial charge in [-0.15, -0.1) is 0 Å². The van der Waals surface area contributed by atoms with Crippen LogP contribution in [0.3, 0.4) is 0 Å². The molecule has 4 heterocycles. The maximum absolute atomic E-state index is 12.7. The predicted octanol–water partition coefficient (Wildman–Crippen LogP) is 2.76. The van der Waals surface area contributed by atoms with Crippen LogP contribution in [0.4, 0.5) is 0 Å². The van der Waals surface area contributed by atoms with Gasteiger partial charge < -0.3 is 9.42 Å². The first-order chi connectivity index (χ1) is 12.8. The van der Waals surface area contributed by atoms with Gasteiger partial charge >= 0.3 is 0 Å². The van der Waals surface area contributed by atoms with Crippen LogP contribution in [0, 0.1) is 0 Å². The summed E-state index contributed by atoms with van der Waals surface area (Å²) in [6, 6.07) is 7.47. The Kier molecular flexibility index (Phi) is 4.68. The highest BCUT2D eigenvalue weighted by Crippen LogP contribution is 2.24. The molecule has 0 bridgehead atoms.